The van der Waals surface area contributed by atoms with Crippen LogP contribution in [0.3, 0.4) is 0 Å². The van der Waals surface area contributed by atoms with Gasteiger partial charge in [-0.3, -0.25) is 9.69 Å². The molecule has 1 aromatic heterocycles. The average Bonchev–Trinajstić information content (AvgIpc) is 3.15. The van der Waals surface area contributed by atoms with Crippen molar-refractivity contribution in [2.24, 2.45) is 0 Å². The summed E-state index contributed by atoms with van der Waals surface area (Å²) in [5.74, 6) is -0.774. The fourth-order valence-corrected chi connectivity index (χ4v) is 3.84. The lowest BCUT2D eigenvalue weighted by Crippen LogP contribution is -2.47. The predicted octanol–water partition coefficient (Wildman–Crippen LogP) is 0.999. The molecule has 104 valence electrons. The van der Waals surface area contributed by atoms with Gasteiger partial charge in [0, 0.05) is 32.2 Å². The summed E-state index contributed by atoms with van der Waals surface area (Å²) < 4.78 is 0.738. The number of aromatic nitrogens is 2. The first-order valence-electron chi connectivity index (χ1n) is 6.39. The van der Waals surface area contributed by atoms with Crippen molar-refractivity contribution in [1.29, 1.82) is 0 Å². The Morgan fingerprint density at radius 2 is 2.05 bits per heavy atom. The quantitative estimate of drug-likeness (QED) is 0.813. The number of rotatable bonds is 5. The molecule has 1 aliphatic carbocycles. The van der Waals surface area contributed by atoms with Crippen LogP contribution < -0.4 is 4.90 Å². The minimum atomic E-state index is -0.820. The van der Waals surface area contributed by atoms with Crippen molar-refractivity contribution in [2.45, 2.75) is 23.2 Å². The number of hydrogen-bond acceptors (Lipinski definition) is 7. The first-order valence-corrected chi connectivity index (χ1v) is 8.19. The van der Waals surface area contributed by atoms with Crippen molar-refractivity contribution in [3.63, 3.8) is 0 Å². The number of carboxylic acid groups (broad SMARTS) is 1. The van der Waals surface area contributed by atoms with Crippen molar-refractivity contribution in [3.05, 3.63) is 0 Å². The zero-order chi connectivity index (χ0) is 13.2. The summed E-state index contributed by atoms with van der Waals surface area (Å²) >= 11 is 2.73. The van der Waals surface area contributed by atoms with Gasteiger partial charge in [0.1, 0.15) is 0 Å². The van der Waals surface area contributed by atoms with Crippen LogP contribution in [0.5, 0.6) is 0 Å². The van der Waals surface area contributed by atoms with Crippen LogP contribution in [-0.4, -0.2) is 64.1 Å². The Labute approximate surface area is 119 Å². The topological polar surface area (TPSA) is 69.6 Å². The van der Waals surface area contributed by atoms with E-state index in [1.807, 2.05) is 0 Å². The van der Waals surface area contributed by atoms with Crippen LogP contribution in [-0.2, 0) is 4.79 Å². The molecule has 0 radical (unpaired) electrons. The van der Waals surface area contributed by atoms with Gasteiger partial charge < -0.3 is 10.0 Å². The number of piperazine rings is 1. The van der Waals surface area contributed by atoms with Gasteiger partial charge in [-0.15, -0.1) is 10.2 Å². The van der Waals surface area contributed by atoms with Gasteiger partial charge in [-0.05, 0) is 12.8 Å². The Morgan fingerprint density at radius 3 is 2.68 bits per heavy atom. The zero-order valence-electron chi connectivity index (χ0n) is 10.5. The lowest BCUT2D eigenvalue weighted by atomic mass is 10.3. The van der Waals surface area contributed by atoms with E-state index in [9.17, 15) is 4.79 Å². The largest absolute Gasteiger partial charge is 0.481 e. The van der Waals surface area contributed by atoms with E-state index >= 15 is 0 Å². The number of nitrogens with zero attached hydrogens (tertiary/aromatic N) is 4. The van der Waals surface area contributed by atoms with E-state index in [4.69, 9.17) is 5.11 Å². The normalized spacial score (nSPS) is 20.7. The molecule has 8 heteroatoms. The molecule has 1 aliphatic heterocycles. The van der Waals surface area contributed by atoms with Crippen molar-refractivity contribution in [1.82, 2.24) is 15.1 Å². The number of anilines is 1. The van der Waals surface area contributed by atoms with Gasteiger partial charge in [0.2, 0.25) is 5.13 Å². The van der Waals surface area contributed by atoms with Crippen LogP contribution in [0.2, 0.25) is 0 Å². The molecule has 19 heavy (non-hydrogen) atoms. The standard InChI is InChI=1S/C11H16N4O2S2/c16-9(17)7-18-11-13-12-10(19-11)15-5-3-14(4-6-15)8-1-2-8/h8H,1-7H2,(H,16,17). The Kier molecular flexibility index (Phi) is 3.90. The Balaban J connectivity index is 1.53. The lowest BCUT2D eigenvalue weighted by molar-refractivity contribution is -0.133. The highest BCUT2D eigenvalue weighted by molar-refractivity contribution is 8.01. The third-order valence-corrected chi connectivity index (χ3v) is 5.47. The number of thioether (sulfide) groups is 1. The predicted molar refractivity (Wildman–Crippen MR) is 75.1 cm³/mol. The molecule has 1 saturated carbocycles. The Bertz CT molecular complexity index is 455. The summed E-state index contributed by atoms with van der Waals surface area (Å²) in [5.41, 5.74) is 0. The minimum absolute atomic E-state index is 0.0457. The van der Waals surface area contributed by atoms with E-state index in [0.717, 1.165) is 41.7 Å². The van der Waals surface area contributed by atoms with E-state index in [1.54, 1.807) is 0 Å². The van der Waals surface area contributed by atoms with Gasteiger partial charge in [0.15, 0.2) is 4.34 Å². The van der Waals surface area contributed by atoms with Crippen molar-refractivity contribution in [2.75, 3.05) is 36.8 Å². The van der Waals surface area contributed by atoms with Crippen LogP contribution in [0.25, 0.3) is 0 Å². The third-order valence-electron chi connectivity index (χ3n) is 3.36. The molecule has 0 amide bonds. The number of aliphatic carboxylic acids is 1. The molecule has 0 aromatic carbocycles. The monoisotopic (exact) mass is 300 g/mol. The van der Waals surface area contributed by atoms with Crippen LogP contribution >= 0.6 is 23.1 Å². The molecule has 2 fully saturated rings. The molecule has 1 aromatic rings. The second kappa shape index (κ2) is 5.64. The second-order valence-electron chi connectivity index (χ2n) is 4.79. The van der Waals surface area contributed by atoms with E-state index in [-0.39, 0.29) is 5.75 Å². The average molecular weight is 300 g/mol. The first kappa shape index (κ1) is 13.1. The molecule has 2 heterocycles. The number of carbonyl (C=O) groups is 1. The SMILES string of the molecule is O=C(O)CSc1nnc(N2CCN(C3CC3)CC2)s1. The van der Waals surface area contributed by atoms with Gasteiger partial charge in [-0.1, -0.05) is 23.1 Å². The third kappa shape index (κ3) is 3.37. The van der Waals surface area contributed by atoms with Crippen LogP contribution in [0.1, 0.15) is 12.8 Å². The van der Waals surface area contributed by atoms with Crippen LogP contribution in [0, 0.1) is 0 Å². The van der Waals surface area contributed by atoms with Crippen molar-refractivity contribution < 1.29 is 9.90 Å². The fourth-order valence-electron chi connectivity index (χ4n) is 2.23. The molecule has 6 nitrogen and oxygen atoms in total. The smallest absolute Gasteiger partial charge is 0.313 e. The summed E-state index contributed by atoms with van der Waals surface area (Å²) in [6, 6.07) is 0.832. The minimum Gasteiger partial charge on any atom is -0.481 e. The molecule has 0 bridgehead atoms. The van der Waals surface area contributed by atoms with Crippen LogP contribution in [0.15, 0.2) is 4.34 Å². The maximum absolute atomic E-state index is 10.5. The summed E-state index contributed by atoms with van der Waals surface area (Å²) in [4.78, 5) is 15.3. The van der Waals surface area contributed by atoms with Gasteiger partial charge >= 0.3 is 5.97 Å². The molecule has 0 spiro atoms. The fraction of sp³-hybridized carbons (Fsp3) is 0.727. The maximum atomic E-state index is 10.5. The molecular weight excluding hydrogens is 284 g/mol. The maximum Gasteiger partial charge on any atom is 0.313 e. The van der Waals surface area contributed by atoms with Crippen molar-refractivity contribution >= 4 is 34.2 Å². The molecule has 3 rings (SSSR count). The lowest BCUT2D eigenvalue weighted by Gasteiger charge is -2.34. The summed E-state index contributed by atoms with van der Waals surface area (Å²) in [6.45, 7) is 4.19. The highest BCUT2D eigenvalue weighted by Crippen LogP contribution is 2.31. The van der Waals surface area contributed by atoms with Gasteiger partial charge in [0.25, 0.3) is 0 Å². The molecule has 1 saturated heterocycles. The highest BCUT2D eigenvalue weighted by Gasteiger charge is 2.31. The molecule has 0 unspecified atom stereocenters. The summed E-state index contributed by atoms with van der Waals surface area (Å²) in [6.07, 6.45) is 2.71. The number of carboxylic acids is 1. The second-order valence-corrected chi connectivity index (χ2v) is 6.97. The van der Waals surface area contributed by atoms with E-state index in [1.165, 1.54) is 35.9 Å². The molecular formula is C11H16N4O2S2. The Morgan fingerprint density at radius 1 is 1.32 bits per heavy atom. The van der Waals surface area contributed by atoms with Gasteiger partial charge in [-0.25, -0.2) is 0 Å². The summed E-state index contributed by atoms with van der Waals surface area (Å²) in [5, 5.41) is 17.8. The van der Waals surface area contributed by atoms with Gasteiger partial charge in [-0.2, -0.15) is 0 Å². The highest BCUT2D eigenvalue weighted by atomic mass is 32.2. The van der Waals surface area contributed by atoms with Crippen LogP contribution in [0.4, 0.5) is 5.13 Å². The molecule has 1 N–H and O–H groups in total. The first-order chi connectivity index (χ1) is 9.22. The molecule has 2 aliphatic rings. The number of hydrogen-bond donors (Lipinski definition) is 1. The summed E-state index contributed by atoms with van der Waals surface area (Å²) in [7, 11) is 0. The van der Waals surface area contributed by atoms with Gasteiger partial charge in [0.05, 0.1) is 5.75 Å². The van der Waals surface area contributed by atoms with Crippen molar-refractivity contribution in [3.8, 4) is 0 Å². The van der Waals surface area contributed by atoms with E-state index in [0.29, 0.717) is 0 Å². The van der Waals surface area contributed by atoms with E-state index < -0.39 is 5.97 Å². The zero-order valence-corrected chi connectivity index (χ0v) is 12.1. The molecule has 0 atom stereocenters. The Hall–Kier alpha value is -0.860. The van der Waals surface area contributed by atoms with E-state index in [2.05, 4.69) is 20.0 Å².